The van der Waals surface area contributed by atoms with E-state index in [2.05, 4.69) is 31.9 Å². The topological polar surface area (TPSA) is 248 Å². The minimum absolute atomic E-state index is 0.242. The second-order valence-electron chi connectivity index (χ2n) is 31.1. The summed E-state index contributed by atoms with van der Waals surface area (Å²) < 4.78 is 127. The molecular formula is C117H84Cl6F6N6O14. The van der Waals surface area contributed by atoms with E-state index in [0.717, 1.165) is 47.7 Å². The predicted molar refractivity (Wildman–Crippen MR) is 572 cm³/mol. The van der Waals surface area contributed by atoms with Gasteiger partial charge in [0.25, 0.3) is 35.4 Å². The number of para-hydroxylation sites is 7. The number of methoxy groups -OCH3 is 2. The van der Waals surface area contributed by atoms with Crippen LogP contribution < -0.4 is 69.8 Å². The van der Waals surface area contributed by atoms with Gasteiger partial charge in [0.1, 0.15) is 109 Å². The maximum absolute atomic E-state index is 13.6. The van der Waals surface area contributed by atoms with Crippen molar-refractivity contribution in [3.8, 4) is 80.5 Å². The number of benzene rings is 18. The van der Waals surface area contributed by atoms with Crippen molar-refractivity contribution in [1.82, 2.24) is 0 Å². The zero-order valence-electron chi connectivity index (χ0n) is 78.6. The lowest BCUT2D eigenvalue weighted by Gasteiger charge is -2.11. The summed E-state index contributed by atoms with van der Waals surface area (Å²) in [6.45, 7) is 1.99. The first-order chi connectivity index (χ1) is 72.1. The van der Waals surface area contributed by atoms with Crippen LogP contribution in [-0.4, -0.2) is 49.7 Å². The van der Waals surface area contributed by atoms with Crippen LogP contribution in [0, 0.1) is 41.8 Å². The molecule has 0 bridgehead atoms. The fourth-order valence-electron chi connectivity index (χ4n) is 13.3. The summed E-state index contributed by atoms with van der Waals surface area (Å²) in [4.78, 5) is 72.8. The van der Waals surface area contributed by atoms with Gasteiger partial charge in [-0.05, 0) is 310 Å². The van der Waals surface area contributed by atoms with E-state index in [4.69, 9.17) is 108 Å². The molecule has 18 rings (SSSR count). The van der Waals surface area contributed by atoms with Gasteiger partial charge < -0.3 is 69.8 Å². The average molecular weight is 2120 g/mol. The Morgan fingerprint density at radius 2 is 0.389 bits per heavy atom. The van der Waals surface area contributed by atoms with Crippen LogP contribution in [0.3, 0.4) is 0 Å². The summed E-state index contributed by atoms with van der Waals surface area (Å²) in [6, 6.07) is 114. The third-order valence-electron chi connectivity index (χ3n) is 20.7. The largest absolute Gasteiger partial charge is 0.493 e. The number of amides is 6. The van der Waals surface area contributed by atoms with Gasteiger partial charge in [0.15, 0.2) is 23.0 Å². The lowest BCUT2D eigenvalue weighted by atomic mass is 10.1. The van der Waals surface area contributed by atoms with Crippen LogP contribution in [-0.2, 0) is 0 Å². The summed E-state index contributed by atoms with van der Waals surface area (Å²) in [5, 5.41) is 18.6. The molecule has 6 amide bonds. The van der Waals surface area contributed by atoms with Gasteiger partial charge in [-0.3, -0.25) is 28.8 Å². The van der Waals surface area contributed by atoms with Gasteiger partial charge in [-0.15, -0.1) is 0 Å². The Morgan fingerprint density at radius 1 is 0.195 bits per heavy atom. The number of halogens is 12. The maximum atomic E-state index is 13.6. The van der Waals surface area contributed by atoms with Gasteiger partial charge in [-0.1, -0.05) is 191 Å². The minimum Gasteiger partial charge on any atom is -0.493 e. The standard InChI is InChI=1S/C20H16ClNO3.C20H16ClNO2.C20H15F2NO3.C19H13Cl2NO2.2C19H12ClF2NO2/c1-24-18-8-4-5-9-19(18)25-15-12-10-14(11-13-15)22-20(23)16-6-2-3-7-17(16)21;1-14-6-2-5-9-19(14)24-16-12-10-15(11-13-16)22-20(23)17-7-3-4-8-18(17)21;1-25-17-7-2-3-8-18(17)26-14-11-9-13(10-12-14)23-20(24)19-15(21)5-4-6-16(19)22;20-16-6-2-1-5-15(16)19(23)22-13-9-11-14(12-10-13)24-18-8-4-3-7-17(18)21;20-14-4-1-2-7-17(14)25-13-10-8-12(9-11-13)23-19(24)18-15(21)5-3-6-16(18)22;20-12-4-8-14(9-5-12)25-15-10-6-13(7-11-15)23-19(24)18-16(21)2-1-3-17(18)22/h2-13H,1H3,(H,22,23);2-13H,1H3,(H,22,23);2-12H,1H3,(H,23,24);1-12H,(H,22,23);2*1-11H,(H,23,24). The van der Waals surface area contributed by atoms with Crippen molar-refractivity contribution in [2.75, 3.05) is 46.1 Å². The van der Waals surface area contributed by atoms with E-state index < -0.39 is 69.3 Å². The first-order valence-electron chi connectivity index (χ1n) is 44.8. The highest BCUT2D eigenvalue weighted by Crippen LogP contribution is 2.38. The maximum Gasteiger partial charge on any atom is 0.261 e. The van der Waals surface area contributed by atoms with Crippen LogP contribution in [0.1, 0.15) is 67.7 Å². The van der Waals surface area contributed by atoms with Crippen LogP contribution in [0.2, 0.25) is 30.1 Å². The molecule has 32 heteroatoms. The van der Waals surface area contributed by atoms with Crippen LogP contribution in [0.25, 0.3) is 0 Å². The fraction of sp³-hybridized carbons (Fsp3) is 0.0256. The quantitative estimate of drug-likeness (QED) is 0.0276. The van der Waals surface area contributed by atoms with E-state index in [9.17, 15) is 55.1 Å². The van der Waals surface area contributed by atoms with E-state index >= 15 is 0 Å². The number of nitrogens with one attached hydrogen (secondary N) is 6. The van der Waals surface area contributed by atoms with Crippen LogP contribution in [0.15, 0.2) is 419 Å². The van der Waals surface area contributed by atoms with Gasteiger partial charge in [0.2, 0.25) is 0 Å². The molecular weight excluding hydrogens is 2040 g/mol. The van der Waals surface area contributed by atoms with E-state index in [1.165, 1.54) is 18.2 Å². The summed E-state index contributed by atoms with van der Waals surface area (Å²) in [7, 11) is 3.14. The number of hydrogen-bond donors (Lipinski definition) is 6. The van der Waals surface area contributed by atoms with Crippen LogP contribution >= 0.6 is 69.6 Å². The molecule has 0 aliphatic carbocycles. The number of ether oxygens (including phenoxy) is 8. The third kappa shape index (κ3) is 32.2. The smallest absolute Gasteiger partial charge is 0.261 e. The predicted octanol–water partition coefficient (Wildman–Crippen LogP) is 33.5. The van der Waals surface area contributed by atoms with Crippen molar-refractivity contribution in [2.24, 2.45) is 0 Å². The highest BCUT2D eigenvalue weighted by Gasteiger charge is 2.23. The van der Waals surface area contributed by atoms with Gasteiger partial charge in [-0.25, -0.2) is 26.3 Å². The zero-order valence-corrected chi connectivity index (χ0v) is 83.1. The van der Waals surface area contributed by atoms with Crippen molar-refractivity contribution in [3.63, 3.8) is 0 Å². The number of hydrogen-bond acceptors (Lipinski definition) is 14. The van der Waals surface area contributed by atoms with Crippen molar-refractivity contribution < 1.29 is 93.0 Å². The number of carbonyl (C=O) groups is 6. The normalized spacial score (nSPS) is 10.3. The molecule has 0 atom stereocenters. The molecule has 750 valence electrons. The molecule has 6 N–H and O–H groups in total. The van der Waals surface area contributed by atoms with E-state index in [1.54, 1.807) is 293 Å². The Bertz CT molecular complexity index is 7470. The highest BCUT2D eigenvalue weighted by molar-refractivity contribution is 6.36. The van der Waals surface area contributed by atoms with Gasteiger partial charge in [0, 0.05) is 39.1 Å². The number of aryl methyl sites for hydroxylation is 1. The second-order valence-corrected chi connectivity index (χ2v) is 33.6. The minimum atomic E-state index is -0.920. The molecule has 0 aliphatic heterocycles. The molecule has 18 aromatic rings. The molecule has 0 heterocycles. The first-order valence-corrected chi connectivity index (χ1v) is 47.0. The molecule has 0 aliphatic rings. The molecule has 0 radical (unpaired) electrons. The lowest BCUT2D eigenvalue weighted by Crippen LogP contribution is -2.15. The van der Waals surface area contributed by atoms with E-state index in [1.807, 2.05) is 91.9 Å². The first kappa shape index (κ1) is 109. The molecule has 0 saturated carbocycles. The Morgan fingerprint density at radius 3 is 0.638 bits per heavy atom. The van der Waals surface area contributed by atoms with E-state index in [0.29, 0.717) is 156 Å². The SMILES string of the molecule is COc1ccccc1Oc1ccc(NC(=O)c2c(F)cccc2F)cc1.COc1ccccc1Oc1ccc(NC(=O)c2ccccc2Cl)cc1.Cc1ccccc1Oc1ccc(NC(=O)c2ccccc2Cl)cc1.O=C(Nc1ccc(Oc2ccc(Cl)cc2)cc1)c1c(F)cccc1F.O=C(Nc1ccc(Oc2ccccc2Cl)cc1)c1c(F)cccc1F.O=C(Nc1ccc(Oc2ccccc2Cl)cc1)c1ccccc1Cl. The number of anilines is 6. The van der Waals surface area contributed by atoms with Gasteiger partial charge in [-0.2, -0.15) is 0 Å². The monoisotopic (exact) mass is 2120 g/mol. The molecule has 0 saturated heterocycles. The van der Waals surface area contributed by atoms with Crippen LogP contribution in [0.5, 0.6) is 80.5 Å². The number of rotatable bonds is 26. The van der Waals surface area contributed by atoms with Crippen LogP contribution in [0.4, 0.5) is 60.5 Å². The second kappa shape index (κ2) is 54.4. The third-order valence-corrected chi connectivity index (χ3v) is 22.6. The average Bonchev–Trinajstić information content (AvgIpc) is 0.832. The number of carbonyl (C=O) groups excluding carboxylic acids is 6. The van der Waals surface area contributed by atoms with Crippen molar-refractivity contribution in [2.45, 2.75) is 6.92 Å². The molecule has 18 aromatic carbocycles. The Hall–Kier alpha value is -17.5. The molecule has 0 spiro atoms. The van der Waals surface area contributed by atoms with E-state index in [-0.39, 0.29) is 17.7 Å². The summed E-state index contributed by atoms with van der Waals surface area (Å²) in [5.74, 6) is -0.443. The molecule has 0 unspecified atom stereocenters. The summed E-state index contributed by atoms with van der Waals surface area (Å²) in [5.41, 5.74) is 3.60. The van der Waals surface area contributed by atoms with Crippen molar-refractivity contribution in [3.05, 3.63) is 523 Å². The molecule has 149 heavy (non-hydrogen) atoms. The Kier molecular flexibility index (Phi) is 39.7. The van der Waals surface area contributed by atoms with Crippen molar-refractivity contribution >= 4 is 139 Å². The summed E-state index contributed by atoms with van der Waals surface area (Å²) in [6.07, 6.45) is 0. The summed E-state index contributed by atoms with van der Waals surface area (Å²) >= 11 is 36.0. The molecule has 0 fully saturated rings. The zero-order chi connectivity index (χ0) is 106. The lowest BCUT2D eigenvalue weighted by molar-refractivity contribution is 0.101. The Balaban J connectivity index is 0.000000149. The highest BCUT2D eigenvalue weighted by atomic mass is 35.5. The van der Waals surface area contributed by atoms with Crippen molar-refractivity contribution in [1.29, 1.82) is 0 Å². The molecule has 20 nitrogen and oxygen atoms in total. The van der Waals surface area contributed by atoms with Gasteiger partial charge >= 0.3 is 0 Å². The van der Waals surface area contributed by atoms with Gasteiger partial charge in [0.05, 0.1) is 56.0 Å². The Labute approximate surface area is 882 Å². The molecule has 0 aromatic heterocycles. The fourth-order valence-corrected chi connectivity index (χ4v) is 14.4.